The Balaban J connectivity index is 1.67. The molecule has 1 aliphatic carbocycles. The van der Waals surface area contributed by atoms with Crippen molar-refractivity contribution in [3.05, 3.63) is 66.0 Å². The highest BCUT2D eigenvalue weighted by Crippen LogP contribution is 2.36. The summed E-state index contributed by atoms with van der Waals surface area (Å²) in [5.74, 6) is 1.13. The number of rotatable bonds is 6. The van der Waals surface area contributed by atoms with Gasteiger partial charge in [-0.15, -0.1) is 10.2 Å². The Labute approximate surface area is 171 Å². The quantitative estimate of drug-likeness (QED) is 0.499. The molecule has 0 bridgehead atoms. The molecule has 1 fully saturated rings. The number of ether oxygens (including phenoxy) is 1. The fourth-order valence-corrected chi connectivity index (χ4v) is 4.64. The second-order valence-corrected chi connectivity index (χ2v) is 8.18. The number of hydrogen-bond acceptors (Lipinski definition) is 4. The molecule has 8 heteroatoms. The first-order chi connectivity index (χ1) is 14.0. The van der Waals surface area contributed by atoms with Crippen LogP contribution < -0.4 is 4.74 Å². The first-order valence-corrected chi connectivity index (χ1v) is 10.3. The van der Waals surface area contributed by atoms with Crippen LogP contribution in [0.1, 0.15) is 37.1 Å². The number of thioether (sulfide) groups is 1. The van der Waals surface area contributed by atoms with Gasteiger partial charge in [-0.1, -0.05) is 48.9 Å². The van der Waals surface area contributed by atoms with Crippen LogP contribution >= 0.6 is 11.8 Å². The zero-order valence-corrected chi connectivity index (χ0v) is 16.4. The van der Waals surface area contributed by atoms with Crippen LogP contribution in [0.5, 0.6) is 5.75 Å². The van der Waals surface area contributed by atoms with Crippen LogP contribution in [-0.2, 0) is 12.8 Å². The summed E-state index contributed by atoms with van der Waals surface area (Å²) in [5.41, 5.74) is -0.313. The van der Waals surface area contributed by atoms with E-state index in [0.717, 1.165) is 25.0 Å². The van der Waals surface area contributed by atoms with Gasteiger partial charge in [0.15, 0.2) is 11.0 Å². The molecule has 152 valence electrons. The van der Waals surface area contributed by atoms with Gasteiger partial charge in [0.1, 0.15) is 12.4 Å². The van der Waals surface area contributed by atoms with Crippen molar-refractivity contribution >= 4 is 11.8 Å². The van der Waals surface area contributed by atoms with E-state index in [1.807, 2.05) is 30.3 Å². The molecule has 29 heavy (non-hydrogen) atoms. The molecular weight excluding hydrogens is 399 g/mol. The van der Waals surface area contributed by atoms with Gasteiger partial charge in [-0.3, -0.25) is 4.57 Å². The zero-order valence-electron chi connectivity index (χ0n) is 15.6. The van der Waals surface area contributed by atoms with E-state index in [1.54, 1.807) is 22.4 Å². The minimum absolute atomic E-state index is 0.110. The number of hydrogen-bond donors (Lipinski definition) is 0. The molecule has 1 aromatic heterocycles. The molecule has 1 saturated carbocycles. The molecule has 0 radical (unpaired) electrons. The highest BCUT2D eigenvalue weighted by molar-refractivity contribution is 7.99. The fraction of sp³-hybridized carbons (Fsp3) is 0.333. The van der Waals surface area contributed by atoms with Gasteiger partial charge < -0.3 is 4.74 Å². The maximum Gasteiger partial charge on any atom is 0.416 e. The zero-order chi connectivity index (χ0) is 20.3. The van der Waals surface area contributed by atoms with Crippen molar-refractivity contribution in [1.82, 2.24) is 14.8 Å². The van der Waals surface area contributed by atoms with E-state index in [4.69, 9.17) is 4.74 Å². The molecule has 0 amide bonds. The summed E-state index contributed by atoms with van der Waals surface area (Å²) < 4.78 is 47.2. The molecule has 0 aliphatic heterocycles. The largest absolute Gasteiger partial charge is 0.486 e. The molecule has 0 spiro atoms. The van der Waals surface area contributed by atoms with Crippen molar-refractivity contribution in [1.29, 1.82) is 0 Å². The van der Waals surface area contributed by atoms with E-state index in [-0.39, 0.29) is 6.61 Å². The predicted molar refractivity (Wildman–Crippen MR) is 105 cm³/mol. The van der Waals surface area contributed by atoms with Crippen molar-refractivity contribution in [2.24, 2.45) is 0 Å². The maximum absolute atomic E-state index is 13.2. The lowest BCUT2D eigenvalue weighted by molar-refractivity contribution is -0.137. The number of aromatic nitrogens is 3. The van der Waals surface area contributed by atoms with Gasteiger partial charge in [0.2, 0.25) is 0 Å². The molecule has 3 aromatic rings. The number of para-hydroxylation sites is 1. The first-order valence-electron chi connectivity index (χ1n) is 9.47. The van der Waals surface area contributed by atoms with Crippen LogP contribution in [0.4, 0.5) is 13.2 Å². The van der Waals surface area contributed by atoms with Crippen LogP contribution in [-0.4, -0.2) is 20.0 Å². The molecule has 1 heterocycles. The van der Waals surface area contributed by atoms with Gasteiger partial charge in [0.25, 0.3) is 0 Å². The third-order valence-electron chi connectivity index (χ3n) is 4.82. The summed E-state index contributed by atoms with van der Waals surface area (Å²) in [4.78, 5) is 0. The van der Waals surface area contributed by atoms with Gasteiger partial charge in [0, 0.05) is 5.25 Å². The van der Waals surface area contributed by atoms with E-state index in [0.29, 0.717) is 27.7 Å². The Morgan fingerprint density at radius 1 is 1.00 bits per heavy atom. The van der Waals surface area contributed by atoms with Crippen molar-refractivity contribution in [2.45, 2.75) is 48.9 Å². The molecule has 0 unspecified atom stereocenters. The van der Waals surface area contributed by atoms with Gasteiger partial charge in [-0.25, -0.2) is 0 Å². The van der Waals surface area contributed by atoms with Gasteiger partial charge in [0.05, 0.1) is 11.3 Å². The van der Waals surface area contributed by atoms with Crippen LogP contribution in [0.2, 0.25) is 0 Å². The molecule has 0 N–H and O–H groups in total. The summed E-state index contributed by atoms with van der Waals surface area (Å²) in [7, 11) is 0. The monoisotopic (exact) mass is 419 g/mol. The second kappa shape index (κ2) is 8.49. The lowest BCUT2D eigenvalue weighted by atomic mass is 10.2. The lowest BCUT2D eigenvalue weighted by Gasteiger charge is -2.15. The van der Waals surface area contributed by atoms with Gasteiger partial charge >= 0.3 is 6.18 Å². The van der Waals surface area contributed by atoms with E-state index >= 15 is 0 Å². The molecular formula is C21H20F3N3OS. The third-order valence-corrected chi connectivity index (χ3v) is 6.10. The summed E-state index contributed by atoms with van der Waals surface area (Å²) in [5, 5.41) is 9.51. The van der Waals surface area contributed by atoms with Crippen LogP contribution in [0, 0.1) is 0 Å². The average Bonchev–Trinajstić information content (AvgIpc) is 3.37. The van der Waals surface area contributed by atoms with E-state index < -0.39 is 11.7 Å². The van der Waals surface area contributed by atoms with Gasteiger partial charge in [-0.2, -0.15) is 13.2 Å². The molecule has 4 nitrogen and oxygen atoms in total. The fourth-order valence-electron chi connectivity index (χ4n) is 3.37. The lowest BCUT2D eigenvalue weighted by Crippen LogP contribution is -2.10. The Morgan fingerprint density at radius 3 is 2.48 bits per heavy atom. The number of benzene rings is 2. The molecule has 0 saturated heterocycles. The normalized spacial score (nSPS) is 15.0. The standard InChI is InChI=1S/C21H20F3N3OS/c22-21(23,24)15-7-6-8-16(13-15)27-19(14-28-17-9-2-1-3-10-17)25-26-20(27)29-18-11-4-5-12-18/h1-3,6-10,13,18H,4-5,11-12,14H2. The summed E-state index contributed by atoms with van der Waals surface area (Å²) in [6.45, 7) is 0.110. The Morgan fingerprint density at radius 2 is 1.76 bits per heavy atom. The topological polar surface area (TPSA) is 39.9 Å². The highest BCUT2D eigenvalue weighted by Gasteiger charge is 2.31. The van der Waals surface area contributed by atoms with Crippen molar-refractivity contribution in [3.63, 3.8) is 0 Å². The molecule has 0 atom stereocenters. The number of alkyl halides is 3. The van der Waals surface area contributed by atoms with Crippen LogP contribution in [0.3, 0.4) is 0 Å². The van der Waals surface area contributed by atoms with Crippen LogP contribution in [0.15, 0.2) is 59.8 Å². The minimum atomic E-state index is -4.41. The minimum Gasteiger partial charge on any atom is -0.486 e. The summed E-state index contributed by atoms with van der Waals surface area (Å²) in [6, 6.07) is 14.5. The summed E-state index contributed by atoms with van der Waals surface area (Å²) in [6.07, 6.45) is 0.0775. The maximum atomic E-state index is 13.2. The summed E-state index contributed by atoms with van der Waals surface area (Å²) >= 11 is 1.58. The third kappa shape index (κ3) is 4.75. The Kier molecular flexibility index (Phi) is 5.80. The smallest absolute Gasteiger partial charge is 0.416 e. The second-order valence-electron chi connectivity index (χ2n) is 6.91. The van der Waals surface area contributed by atoms with Crippen molar-refractivity contribution < 1.29 is 17.9 Å². The predicted octanol–water partition coefficient (Wildman–Crippen LogP) is 5.90. The van der Waals surface area contributed by atoms with Gasteiger partial charge in [-0.05, 0) is 43.2 Å². The highest BCUT2D eigenvalue weighted by atomic mass is 32.2. The van der Waals surface area contributed by atoms with Crippen molar-refractivity contribution in [2.75, 3.05) is 0 Å². The van der Waals surface area contributed by atoms with E-state index in [2.05, 4.69) is 10.2 Å². The van der Waals surface area contributed by atoms with Crippen LogP contribution in [0.25, 0.3) is 5.69 Å². The Bertz CT molecular complexity index is 953. The van der Waals surface area contributed by atoms with E-state index in [1.165, 1.54) is 18.9 Å². The first kappa shape index (κ1) is 19.8. The number of halogens is 3. The number of nitrogens with zero attached hydrogens (tertiary/aromatic N) is 3. The molecule has 2 aromatic carbocycles. The van der Waals surface area contributed by atoms with E-state index in [9.17, 15) is 13.2 Å². The Hall–Kier alpha value is -2.48. The average molecular weight is 419 g/mol. The van der Waals surface area contributed by atoms with Crippen molar-refractivity contribution in [3.8, 4) is 11.4 Å². The molecule has 4 rings (SSSR count). The molecule has 1 aliphatic rings. The SMILES string of the molecule is FC(F)(F)c1cccc(-n2c(COc3ccccc3)nnc2SC2CCCC2)c1.